The van der Waals surface area contributed by atoms with Crippen molar-refractivity contribution in [1.82, 2.24) is 10.2 Å². The number of nitrogens with two attached hydrogens (primary N) is 1. The van der Waals surface area contributed by atoms with E-state index in [1.54, 1.807) is 0 Å². The van der Waals surface area contributed by atoms with Crippen LogP contribution in [-0.2, 0) is 0 Å². The summed E-state index contributed by atoms with van der Waals surface area (Å²) < 4.78 is 0.881. The number of amides is 1. The van der Waals surface area contributed by atoms with E-state index in [-0.39, 0.29) is 5.91 Å². The minimum Gasteiger partial charge on any atom is -0.391 e. The first kappa shape index (κ1) is 16.4. The van der Waals surface area contributed by atoms with E-state index >= 15 is 0 Å². The summed E-state index contributed by atoms with van der Waals surface area (Å²) in [6.45, 7) is 3.66. The number of hydrogen-bond acceptors (Lipinski definition) is 3. The molecule has 1 amide bonds. The standard InChI is InChI=1S/C15H20BrN3OS/c1-10-3-4-11(16)9-12(10)13(20)18-15(14(17)21)5-7-19(2)8-6-15/h3-4,9H,5-8H2,1-2H3,(H2,17,21)(H,18,20). The summed E-state index contributed by atoms with van der Waals surface area (Å²) in [6.07, 6.45) is 1.50. The highest BCUT2D eigenvalue weighted by atomic mass is 79.9. The molecular weight excluding hydrogens is 350 g/mol. The maximum absolute atomic E-state index is 12.6. The number of nitrogens with zero attached hydrogens (tertiary/aromatic N) is 1. The average Bonchev–Trinajstić information content (AvgIpc) is 2.44. The quantitative estimate of drug-likeness (QED) is 0.802. The molecule has 0 unspecified atom stereocenters. The van der Waals surface area contributed by atoms with E-state index in [2.05, 4.69) is 33.2 Å². The Labute approximate surface area is 139 Å². The molecule has 0 aromatic heterocycles. The van der Waals surface area contributed by atoms with Crippen LogP contribution in [0.5, 0.6) is 0 Å². The maximum Gasteiger partial charge on any atom is 0.252 e. The van der Waals surface area contributed by atoms with Crippen LogP contribution in [0, 0.1) is 6.92 Å². The summed E-state index contributed by atoms with van der Waals surface area (Å²) in [5.74, 6) is -0.119. The molecule has 1 fully saturated rings. The van der Waals surface area contributed by atoms with Crippen molar-refractivity contribution in [3.05, 3.63) is 33.8 Å². The molecule has 3 N–H and O–H groups in total. The number of rotatable bonds is 3. The highest BCUT2D eigenvalue weighted by Crippen LogP contribution is 2.24. The number of carbonyl (C=O) groups excluding carboxylic acids is 1. The van der Waals surface area contributed by atoms with Crippen LogP contribution < -0.4 is 11.1 Å². The number of carbonyl (C=O) groups is 1. The lowest BCUT2D eigenvalue weighted by molar-refractivity contribution is 0.0889. The minimum atomic E-state index is -0.576. The van der Waals surface area contributed by atoms with Crippen LogP contribution in [0.3, 0.4) is 0 Å². The fourth-order valence-corrected chi connectivity index (χ4v) is 3.17. The van der Waals surface area contributed by atoms with Crippen LogP contribution in [0.4, 0.5) is 0 Å². The highest BCUT2D eigenvalue weighted by molar-refractivity contribution is 9.10. The first-order valence-corrected chi connectivity index (χ1v) is 8.11. The third-order valence-electron chi connectivity index (χ3n) is 4.11. The van der Waals surface area contributed by atoms with Gasteiger partial charge in [-0.05, 0) is 44.5 Å². The molecule has 0 radical (unpaired) electrons. The van der Waals surface area contributed by atoms with E-state index < -0.39 is 5.54 Å². The molecule has 114 valence electrons. The largest absolute Gasteiger partial charge is 0.391 e. The molecule has 1 aromatic rings. The van der Waals surface area contributed by atoms with Gasteiger partial charge in [-0.25, -0.2) is 0 Å². The summed E-state index contributed by atoms with van der Waals surface area (Å²) in [7, 11) is 2.06. The predicted molar refractivity (Wildman–Crippen MR) is 92.6 cm³/mol. The SMILES string of the molecule is Cc1ccc(Br)cc1C(=O)NC1(C(N)=S)CCN(C)CC1. The van der Waals surface area contributed by atoms with Gasteiger partial charge in [0.2, 0.25) is 0 Å². The summed E-state index contributed by atoms with van der Waals surface area (Å²) in [5, 5.41) is 3.08. The smallest absolute Gasteiger partial charge is 0.252 e. The molecular formula is C15H20BrN3OS. The van der Waals surface area contributed by atoms with Gasteiger partial charge in [-0.1, -0.05) is 34.2 Å². The van der Waals surface area contributed by atoms with Crippen molar-refractivity contribution in [1.29, 1.82) is 0 Å². The van der Waals surface area contributed by atoms with Crippen molar-refractivity contribution in [2.45, 2.75) is 25.3 Å². The Balaban J connectivity index is 2.23. The fourth-order valence-electron chi connectivity index (χ4n) is 2.56. The van der Waals surface area contributed by atoms with Crippen molar-refractivity contribution in [3.8, 4) is 0 Å². The first-order valence-electron chi connectivity index (χ1n) is 6.91. The van der Waals surface area contributed by atoms with E-state index in [0.29, 0.717) is 10.6 Å². The molecule has 0 saturated carbocycles. The monoisotopic (exact) mass is 369 g/mol. The topological polar surface area (TPSA) is 58.4 Å². The second-order valence-corrected chi connectivity index (χ2v) is 7.02. The van der Waals surface area contributed by atoms with E-state index in [1.807, 2.05) is 25.1 Å². The minimum absolute atomic E-state index is 0.119. The Morgan fingerprint density at radius 1 is 1.43 bits per heavy atom. The molecule has 6 heteroatoms. The van der Waals surface area contributed by atoms with Gasteiger partial charge in [-0.2, -0.15) is 0 Å². The Morgan fingerprint density at radius 3 is 2.62 bits per heavy atom. The van der Waals surface area contributed by atoms with Crippen LogP contribution >= 0.6 is 28.1 Å². The van der Waals surface area contributed by atoms with Gasteiger partial charge >= 0.3 is 0 Å². The summed E-state index contributed by atoms with van der Waals surface area (Å²) >= 11 is 8.63. The van der Waals surface area contributed by atoms with Crippen LogP contribution in [0.1, 0.15) is 28.8 Å². The number of hydrogen-bond donors (Lipinski definition) is 2. The van der Waals surface area contributed by atoms with Crippen molar-refractivity contribution >= 4 is 39.0 Å². The number of likely N-dealkylation sites (tertiary alicyclic amines) is 1. The Kier molecular flexibility index (Phi) is 5.01. The second-order valence-electron chi connectivity index (χ2n) is 5.66. The van der Waals surface area contributed by atoms with E-state index in [9.17, 15) is 4.79 Å². The molecule has 1 aliphatic rings. The van der Waals surface area contributed by atoms with E-state index in [0.717, 1.165) is 36.0 Å². The first-order chi connectivity index (χ1) is 9.84. The van der Waals surface area contributed by atoms with Crippen molar-refractivity contribution < 1.29 is 4.79 Å². The zero-order valence-corrected chi connectivity index (χ0v) is 14.7. The van der Waals surface area contributed by atoms with Gasteiger partial charge in [0.1, 0.15) is 0 Å². The predicted octanol–water partition coefficient (Wildman–Crippen LogP) is 2.24. The van der Waals surface area contributed by atoms with Crippen molar-refractivity contribution in [2.75, 3.05) is 20.1 Å². The third kappa shape index (κ3) is 3.62. The maximum atomic E-state index is 12.6. The number of benzene rings is 1. The molecule has 0 atom stereocenters. The number of halogens is 1. The molecule has 1 heterocycles. The molecule has 4 nitrogen and oxygen atoms in total. The van der Waals surface area contributed by atoms with Crippen molar-refractivity contribution in [3.63, 3.8) is 0 Å². The van der Waals surface area contributed by atoms with Gasteiger partial charge in [0.25, 0.3) is 5.91 Å². The average molecular weight is 370 g/mol. The Bertz CT molecular complexity index is 568. The zero-order chi connectivity index (χ0) is 15.6. The van der Waals surface area contributed by atoms with Gasteiger partial charge in [0, 0.05) is 23.1 Å². The normalized spacial score (nSPS) is 18.2. The second kappa shape index (κ2) is 6.42. The van der Waals surface area contributed by atoms with Gasteiger partial charge in [-0.3, -0.25) is 4.79 Å². The lowest BCUT2D eigenvalue weighted by atomic mass is 9.87. The van der Waals surface area contributed by atoms with Crippen LogP contribution in [-0.4, -0.2) is 41.5 Å². The van der Waals surface area contributed by atoms with Crippen molar-refractivity contribution in [2.24, 2.45) is 5.73 Å². The highest BCUT2D eigenvalue weighted by Gasteiger charge is 2.38. The number of thiocarbonyl (C=S) groups is 1. The van der Waals surface area contributed by atoms with Gasteiger partial charge in [-0.15, -0.1) is 0 Å². The number of piperidine rings is 1. The summed E-state index contributed by atoms with van der Waals surface area (Å²) in [5.41, 5.74) is 6.94. The molecule has 21 heavy (non-hydrogen) atoms. The summed E-state index contributed by atoms with van der Waals surface area (Å²) in [6, 6.07) is 5.67. The van der Waals surface area contributed by atoms with Gasteiger partial charge in [0.15, 0.2) is 0 Å². The van der Waals surface area contributed by atoms with Gasteiger partial charge in [0.05, 0.1) is 10.5 Å². The van der Waals surface area contributed by atoms with Crippen LogP contribution in [0.2, 0.25) is 0 Å². The molecule has 2 rings (SSSR count). The lowest BCUT2D eigenvalue weighted by Crippen LogP contribution is -2.61. The Morgan fingerprint density at radius 2 is 2.05 bits per heavy atom. The molecule has 1 saturated heterocycles. The third-order valence-corrected chi connectivity index (χ3v) is 4.99. The molecule has 0 aliphatic carbocycles. The van der Waals surface area contributed by atoms with E-state index in [4.69, 9.17) is 18.0 Å². The lowest BCUT2D eigenvalue weighted by Gasteiger charge is -2.40. The molecule has 1 aliphatic heterocycles. The Hall–Kier alpha value is -0.980. The number of nitrogens with one attached hydrogen (secondary N) is 1. The molecule has 0 spiro atoms. The zero-order valence-electron chi connectivity index (χ0n) is 12.3. The summed E-state index contributed by atoms with van der Waals surface area (Å²) in [4.78, 5) is 15.2. The van der Waals surface area contributed by atoms with Crippen LogP contribution in [0.15, 0.2) is 22.7 Å². The van der Waals surface area contributed by atoms with Crippen LogP contribution in [0.25, 0.3) is 0 Å². The van der Waals surface area contributed by atoms with Gasteiger partial charge < -0.3 is 16.0 Å². The molecule has 1 aromatic carbocycles. The number of aryl methyl sites for hydroxylation is 1. The molecule has 0 bridgehead atoms. The fraction of sp³-hybridized carbons (Fsp3) is 0.467. The van der Waals surface area contributed by atoms with E-state index in [1.165, 1.54) is 0 Å².